The van der Waals surface area contributed by atoms with Crippen LogP contribution in [0.15, 0.2) is 127 Å². The molecule has 7 aromatic rings. The number of aryl methyl sites for hydroxylation is 1. The van der Waals surface area contributed by atoms with Crippen LogP contribution in [-0.2, 0) is 0 Å². The van der Waals surface area contributed by atoms with Gasteiger partial charge in [-0.3, -0.25) is 0 Å². The molecule has 0 radical (unpaired) electrons. The number of benzene rings is 5. The highest BCUT2D eigenvalue weighted by molar-refractivity contribution is 6.09. The Labute approximate surface area is 296 Å². The van der Waals surface area contributed by atoms with Gasteiger partial charge in [-0.1, -0.05) is 78.7 Å². The minimum absolute atomic E-state index is 0.292. The van der Waals surface area contributed by atoms with Crippen LogP contribution >= 0.6 is 0 Å². The molecule has 5 nitrogen and oxygen atoms in total. The summed E-state index contributed by atoms with van der Waals surface area (Å²) in [5.74, 6) is 2.33. The molecule has 0 fully saturated rings. The Bertz CT molecular complexity index is 2840. The van der Waals surface area contributed by atoms with Crippen molar-refractivity contribution in [1.82, 2.24) is 9.13 Å². The van der Waals surface area contributed by atoms with Crippen LogP contribution in [0.25, 0.3) is 66.9 Å². The van der Waals surface area contributed by atoms with Crippen molar-refractivity contribution in [1.29, 1.82) is 15.8 Å². The summed E-state index contributed by atoms with van der Waals surface area (Å²) in [5.41, 5.74) is 11.9. The molecule has 2 heterocycles. The third kappa shape index (κ3) is 5.10. The van der Waals surface area contributed by atoms with Gasteiger partial charge in [-0.2, -0.15) is 15.8 Å². The van der Waals surface area contributed by atoms with Gasteiger partial charge in [0.15, 0.2) is 0 Å². The average molecular weight is 652 g/mol. The van der Waals surface area contributed by atoms with E-state index in [1.807, 2.05) is 85.0 Å². The molecule has 0 N–H and O–H groups in total. The molecule has 2 aromatic heterocycles. The van der Waals surface area contributed by atoms with Crippen LogP contribution in [0.2, 0.25) is 0 Å². The van der Waals surface area contributed by atoms with E-state index < -0.39 is 0 Å². The number of nitriles is 3. The Morgan fingerprint density at radius 2 is 1.49 bits per heavy atom. The van der Waals surface area contributed by atoms with Gasteiger partial charge in [-0.25, -0.2) is 0 Å². The highest BCUT2D eigenvalue weighted by Crippen LogP contribution is 2.40. The van der Waals surface area contributed by atoms with E-state index >= 15 is 0 Å². The van der Waals surface area contributed by atoms with Gasteiger partial charge in [0.1, 0.15) is 0 Å². The molecule has 5 aromatic carbocycles. The summed E-state index contributed by atoms with van der Waals surface area (Å²) in [6.45, 7) is 2.09. The van der Waals surface area contributed by atoms with Gasteiger partial charge in [0, 0.05) is 39.5 Å². The van der Waals surface area contributed by atoms with E-state index in [9.17, 15) is 15.8 Å². The van der Waals surface area contributed by atoms with Gasteiger partial charge in [-0.05, 0) is 89.9 Å². The molecule has 1 atom stereocenters. The van der Waals surface area contributed by atoms with Crippen molar-refractivity contribution in [2.45, 2.75) is 13.3 Å². The summed E-state index contributed by atoms with van der Waals surface area (Å²) in [4.78, 5) is 0. The fourth-order valence-corrected chi connectivity index (χ4v) is 7.49. The SMILES string of the molecule is C#C/C=C\c1c(C)c2ccccc2n1C1=C(c2ccc(-c3cccc(-n4c5ccccc5c5cc(C#N)ccc54)c3)c(C#N)c2)C=CC(C#N)C1. The summed E-state index contributed by atoms with van der Waals surface area (Å²) in [6.07, 6.45) is 13.8. The Balaban J connectivity index is 1.28. The molecule has 1 unspecified atom stereocenters. The average Bonchev–Trinajstić information content (AvgIpc) is 3.67. The lowest BCUT2D eigenvalue weighted by atomic mass is 9.88. The summed E-state index contributed by atoms with van der Waals surface area (Å²) in [6, 6.07) is 43.7. The summed E-state index contributed by atoms with van der Waals surface area (Å²) >= 11 is 0. The number of aromatic nitrogens is 2. The van der Waals surface area contributed by atoms with Crippen LogP contribution in [0, 0.1) is 59.2 Å². The first kappa shape index (κ1) is 31.0. The van der Waals surface area contributed by atoms with Gasteiger partial charge in [0.25, 0.3) is 0 Å². The third-order valence-corrected chi connectivity index (χ3v) is 9.83. The van der Waals surface area contributed by atoms with Crippen LogP contribution in [0.5, 0.6) is 0 Å². The molecule has 0 bridgehead atoms. The maximum absolute atomic E-state index is 10.5. The molecule has 238 valence electrons. The lowest BCUT2D eigenvalue weighted by Crippen LogP contribution is -2.10. The number of nitrogens with zero attached hydrogens (tertiary/aromatic N) is 5. The van der Waals surface area contributed by atoms with Crippen molar-refractivity contribution in [3.8, 4) is 47.4 Å². The summed E-state index contributed by atoms with van der Waals surface area (Å²) < 4.78 is 4.43. The molecule has 1 aliphatic carbocycles. The van der Waals surface area contributed by atoms with Crippen LogP contribution in [0.3, 0.4) is 0 Å². The first-order valence-electron chi connectivity index (χ1n) is 16.7. The molecular formula is C46H29N5. The van der Waals surface area contributed by atoms with E-state index in [4.69, 9.17) is 6.42 Å². The number of allylic oxidation sites excluding steroid dienone is 5. The Hall–Kier alpha value is -7.31. The van der Waals surface area contributed by atoms with Crippen molar-refractivity contribution in [2.75, 3.05) is 0 Å². The molecule has 0 aliphatic heterocycles. The molecule has 0 spiro atoms. The van der Waals surface area contributed by atoms with E-state index in [2.05, 4.69) is 82.7 Å². The highest BCUT2D eigenvalue weighted by atomic mass is 15.0. The Kier molecular flexibility index (Phi) is 7.67. The Morgan fingerprint density at radius 3 is 2.25 bits per heavy atom. The van der Waals surface area contributed by atoms with E-state index in [1.165, 1.54) is 0 Å². The second kappa shape index (κ2) is 12.6. The van der Waals surface area contributed by atoms with Crippen LogP contribution in [0.1, 0.15) is 34.4 Å². The second-order valence-electron chi connectivity index (χ2n) is 12.6. The van der Waals surface area contributed by atoms with Gasteiger partial charge in [0.2, 0.25) is 0 Å². The molecule has 0 saturated heterocycles. The minimum Gasteiger partial charge on any atom is -0.313 e. The minimum atomic E-state index is -0.292. The van der Waals surface area contributed by atoms with Gasteiger partial charge < -0.3 is 9.13 Å². The number of fused-ring (bicyclic) bond motifs is 4. The van der Waals surface area contributed by atoms with Crippen molar-refractivity contribution < 1.29 is 0 Å². The van der Waals surface area contributed by atoms with E-state index in [0.717, 1.165) is 77.6 Å². The largest absolute Gasteiger partial charge is 0.313 e. The number of hydrogen-bond acceptors (Lipinski definition) is 3. The van der Waals surface area contributed by atoms with Gasteiger partial charge in [-0.15, -0.1) is 6.42 Å². The molecule has 51 heavy (non-hydrogen) atoms. The third-order valence-electron chi connectivity index (χ3n) is 9.83. The summed E-state index contributed by atoms with van der Waals surface area (Å²) in [7, 11) is 0. The zero-order valence-corrected chi connectivity index (χ0v) is 27.8. The normalized spacial score (nSPS) is 14.2. The number of rotatable bonds is 5. The standard InChI is InChI=1S/C46H29N5/c1-3-4-14-42-30(2)37-12-5-7-15-43(37)51(42)46-24-32(28-48)17-20-39(46)34-19-21-38(35(25-34)29-49)33-10-9-11-36(26-33)50-44-16-8-6-13-40(44)41-23-31(27-47)18-22-45(41)50/h1,4-23,25-26,32H,24H2,2H3/b14-4-. The van der Waals surface area contributed by atoms with E-state index in [1.54, 1.807) is 6.08 Å². The summed E-state index contributed by atoms with van der Waals surface area (Å²) in [5, 5.41) is 33.3. The fraction of sp³-hybridized carbons (Fsp3) is 0.0652. The maximum atomic E-state index is 10.5. The quantitative estimate of drug-likeness (QED) is 0.174. The molecule has 0 amide bonds. The van der Waals surface area contributed by atoms with Crippen molar-refractivity contribution in [2.24, 2.45) is 5.92 Å². The maximum Gasteiger partial charge on any atom is 0.0998 e. The number of para-hydroxylation sites is 2. The number of hydrogen-bond donors (Lipinski definition) is 0. The van der Waals surface area contributed by atoms with E-state index in [0.29, 0.717) is 17.5 Å². The second-order valence-corrected chi connectivity index (χ2v) is 12.6. The molecule has 0 saturated carbocycles. The van der Waals surface area contributed by atoms with Crippen molar-refractivity contribution in [3.05, 3.63) is 155 Å². The van der Waals surface area contributed by atoms with Crippen molar-refractivity contribution >= 4 is 50.1 Å². The topological polar surface area (TPSA) is 81.2 Å². The van der Waals surface area contributed by atoms with Gasteiger partial charge >= 0.3 is 0 Å². The predicted molar refractivity (Wildman–Crippen MR) is 206 cm³/mol. The molecule has 5 heteroatoms. The zero-order valence-electron chi connectivity index (χ0n) is 27.8. The van der Waals surface area contributed by atoms with Crippen molar-refractivity contribution in [3.63, 3.8) is 0 Å². The fourth-order valence-electron chi connectivity index (χ4n) is 7.49. The lowest BCUT2D eigenvalue weighted by Gasteiger charge is -2.23. The Morgan fingerprint density at radius 1 is 0.725 bits per heavy atom. The highest BCUT2D eigenvalue weighted by Gasteiger charge is 2.24. The first-order chi connectivity index (χ1) is 25.0. The first-order valence-corrected chi connectivity index (χ1v) is 16.7. The van der Waals surface area contributed by atoms with Gasteiger partial charge in [0.05, 0.1) is 57.5 Å². The zero-order chi connectivity index (χ0) is 35.1. The van der Waals surface area contributed by atoms with Crippen LogP contribution in [0.4, 0.5) is 0 Å². The lowest BCUT2D eigenvalue weighted by molar-refractivity contribution is 0.817. The monoisotopic (exact) mass is 651 g/mol. The number of terminal acetylenes is 1. The predicted octanol–water partition coefficient (Wildman–Crippen LogP) is 10.6. The van der Waals surface area contributed by atoms with E-state index in [-0.39, 0.29) is 5.92 Å². The molecule has 8 rings (SSSR count). The molecular weight excluding hydrogens is 623 g/mol. The van der Waals surface area contributed by atoms with Crippen LogP contribution < -0.4 is 0 Å². The smallest absolute Gasteiger partial charge is 0.0998 e. The molecule has 1 aliphatic rings. The van der Waals surface area contributed by atoms with Crippen LogP contribution in [-0.4, -0.2) is 9.13 Å².